The summed E-state index contributed by atoms with van der Waals surface area (Å²) in [6, 6.07) is 8.12. The molecule has 0 aliphatic rings. The van der Waals surface area contributed by atoms with Crippen molar-refractivity contribution in [3.05, 3.63) is 40.8 Å². The van der Waals surface area contributed by atoms with Gasteiger partial charge in [0.25, 0.3) is 0 Å². The fourth-order valence-electron chi connectivity index (χ4n) is 1.75. The number of hydrogen-bond donors (Lipinski definition) is 0. The summed E-state index contributed by atoms with van der Waals surface area (Å²) in [4.78, 5) is 12.1. The van der Waals surface area contributed by atoms with Crippen LogP contribution in [-0.4, -0.2) is 13.1 Å². The van der Waals surface area contributed by atoms with Crippen molar-refractivity contribution in [3.8, 4) is 0 Å². The molecule has 0 radical (unpaired) electrons. The van der Waals surface area contributed by atoms with Crippen LogP contribution in [0.1, 0.15) is 35.0 Å². The van der Waals surface area contributed by atoms with Gasteiger partial charge in [-0.1, -0.05) is 31.6 Å². The standard InChI is InChI=1S/C15H16O2S/c1-3-4-5-6-11-7-8-13-12(9-11)10-14(18-13)15(16)17-2/h5-10H,3-4H2,1-2H3. The SMILES string of the molecule is CCCC=Cc1ccc2sc(C(=O)OC)cc2c1. The maximum absolute atomic E-state index is 11.5. The second-order valence-corrected chi connectivity index (χ2v) is 5.17. The molecule has 0 bridgehead atoms. The van der Waals surface area contributed by atoms with Crippen LogP contribution in [-0.2, 0) is 4.74 Å². The Kier molecular flexibility index (Phi) is 4.15. The van der Waals surface area contributed by atoms with E-state index >= 15 is 0 Å². The lowest BCUT2D eigenvalue weighted by Gasteiger charge is -1.93. The number of rotatable bonds is 4. The van der Waals surface area contributed by atoms with E-state index in [1.165, 1.54) is 24.0 Å². The van der Waals surface area contributed by atoms with Gasteiger partial charge in [0.1, 0.15) is 4.88 Å². The molecule has 0 atom stereocenters. The second-order valence-electron chi connectivity index (χ2n) is 4.09. The van der Waals surface area contributed by atoms with Gasteiger partial charge in [-0.2, -0.15) is 0 Å². The van der Waals surface area contributed by atoms with Crippen molar-refractivity contribution in [1.82, 2.24) is 0 Å². The average Bonchev–Trinajstić information content (AvgIpc) is 2.81. The Morgan fingerprint density at radius 2 is 2.22 bits per heavy atom. The second kappa shape index (κ2) is 5.83. The van der Waals surface area contributed by atoms with Crippen molar-refractivity contribution in [1.29, 1.82) is 0 Å². The van der Waals surface area contributed by atoms with Crippen molar-refractivity contribution < 1.29 is 9.53 Å². The normalized spacial score (nSPS) is 11.2. The predicted octanol–water partition coefficient (Wildman–Crippen LogP) is 4.50. The third-order valence-corrected chi connectivity index (χ3v) is 3.79. The van der Waals surface area contributed by atoms with Gasteiger partial charge >= 0.3 is 5.97 Å². The minimum absolute atomic E-state index is 0.265. The predicted molar refractivity (Wildman–Crippen MR) is 77.1 cm³/mol. The molecule has 1 aromatic carbocycles. The number of unbranched alkanes of at least 4 members (excludes halogenated alkanes) is 1. The van der Waals surface area contributed by atoms with E-state index in [9.17, 15) is 4.79 Å². The number of hydrogen-bond acceptors (Lipinski definition) is 3. The van der Waals surface area contributed by atoms with Gasteiger partial charge in [-0.05, 0) is 35.6 Å². The summed E-state index contributed by atoms with van der Waals surface area (Å²) in [7, 11) is 1.41. The van der Waals surface area contributed by atoms with Crippen molar-refractivity contribution in [2.75, 3.05) is 7.11 Å². The Hall–Kier alpha value is -1.61. The smallest absolute Gasteiger partial charge is 0.348 e. The summed E-state index contributed by atoms with van der Waals surface area (Å²) in [5.41, 5.74) is 1.17. The molecular formula is C15H16O2S. The molecule has 0 aliphatic carbocycles. The van der Waals surface area contributed by atoms with E-state index < -0.39 is 0 Å². The van der Waals surface area contributed by atoms with Crippen LogP contribution >= 0.6 is 11.3 Å². The monoisotopic (exact) mass is 260 g/mol. The number of methoxy groups -OCH3 is 1. The number of carbonyl (C=O) groups excluding carboxylic acids is 1. The quantitative estimate of drug-likeness (QED) is 0.756. The van der Waals surface area contributed by atoms with Gasteiger partial charge in [0.2, 0.25) is 0 Å². The van der Waals surface area contributed by atoms with E-state index in [4.69, 9.17) is 4.74 Å². The molecule has 1 heterocycles. The topological polar surface area (TPSA) is 26.3 Å². The molecular weight excluding hydrogens is 244 g/mol. The molecule has 0 spiro atoms. The van der Waals surface area contributed by atoms with Crippen LogP contribution < -0.4 is 0 Å². The number of carbonyl (C=O) groups is 1. The minimum Gasteiger partial charge on any atom is -0.465 e. The van der Waals surface area contributed by atoms with E-state index in [1.807, 2.05) is 6.07 Å². The van der Waals surface area contributed by atoms with Crippen LogP contribution in [0.2, 0.25) is 0 Å². The summed E-state index contributed by atoms with van der Waals surface area (Å²) >= 11 is 1.47. The molecule has 1 aromatic heterocycles. The summed E-state index contributed by atoms with van der Waals surface area (Å²) in [6.07, 6.45) is 6.55. The first-order valence-electron chi connectivity index (χ1n) is 6.03. The summed E-state index contributed by atoms with van der Waals surface area (Å²) in [6.45, 7) is 2.16. The molecule has 0 unspecified atom stereocenters. The summed E-state index contributed by atoms with van der Waals surface area (Å²) < 4.78 is 5.85. The molecule has 0 amide bonds. The zero-order valence-corrected chi connectivity index (χ0v) is 11.4. The lowest BCUT2D eigenvalue weighted by molar-refractivity contribution is 0.0606. The van der Waals surface area contributed by atoms with Gasteiger partial charge in [-0.3, -0.25) is 0 Å². The maximum atomic E-state index is 11.5. The number of benzene rings is 1. The Morgan fingerprint density at radius 3 is 2.94 bits per heavy atom. The molecule has 2 rings (SSSR count). The van der Waals surface area contributed by atoms with Crippen LogP contribution in [0.25, 0.3) is 16.2 Å². The summed E-state index contributed by atoms with van der Waals surface area (Å²) in [5, 5.41) is 1.10. The molecule has 0 aliphatic heterocycles. The van der Waals surface area contributed by atoms with Crippen LogP contribution in [0.3, 0.4) is 0 Å². The highest BCUT2D eigenvalue weighted by molar-refractivity contribution is 7.20. The number of ether oxygens (including phenoxy) is 1. The van der Waals surface area contributed by atoms with Gasteiger partial charge in [-0.15, -0.1) is 11.3 Å². The zero-order chi connectivity index (χ0) is 13.0. The third-order valence-electron chi connectivity index (χ3n) is 2.69. The Balaban J connectivity index is 2.30. The first-order valence-corrected chi connectivity index (χ1v) is 6.84. The maximum Gasteiger partial charge on any atom is 0.348 e. The molecule has 18 heavy (non-hydrogen) atoms. The van der Waals surface area contributed by atoms with Gasteiger partial charge in [0.05, 0.1) is 7.11 Å². The van der Waals surface area contributed by atoms with Gasteiger partial charge in [0, 0.05) is 4.70 Å². The summed E-state index contributed by atoms with van der Waals surface area (Å²) in [5.74, 6) is -0.265. The van der Waals surface area contributed by atoms with E-state index in [2.05, 4.69) is 37.3 Å². The highest BCUT2D eigenvalue weighted by Crippen LogP contribution is 2.27. The largest absolute Gasteiger partial charge is 0.465 e. The number of esters is 1. The lowest BCUT2D eigenvalue weighted by Crippen LogP contribution is -1.96. The molecule has 0 saturated heterocycles. The van der Waals surface area contributed by atoms with Gasteiger partial charge < -0.3 is 4.74 Å². The van der Waals surface area contributed by atoms with Crippen LogP contribution in [0.15, 0.2) is 30.3 Å². The highest BCUT2D eigenvalue weighted by atomic mass is 32.1. The molecule has 0 N–H and O–H groups in total. The zero-order valence-electron chi connectivity index (χ0n) is 10.6. The molecule has 94 valence electrons. The first kappa shape index (κ1) is 12.8. The molecule has 2 aromatic rings. The van der Waals surface area contributed by atoms with Crippen molar-refractivity contribution in [2.45, 2.75) is 19.8 Å². The average molecular weight is 260 g/mol. The number of thiophene rings is 1. The number of allylic oxidation sites excluding steroid dienone is 1. The van der Waals surface area contributed by atoms with E-state index in [1.54, 1.807) is 0 Å². The Bertz CT molecular complexity index is 581. The molecule has 0 saturated carbocycles. The lowest BCUT2D eigenvalue weighted by atomic mass is 10.1. The third kappa shape index (κ3) is 2.79. The number of fused-ring (bicyclic) bond motifs is 1. The first-order chi connectivity index (χ1) is 8.74. The fourth-order valence-corrected chi connectivity index (χ4v) is 2.71. The fraction of sp³-hybridized carbons (Fsp3) is 0.267. The van der Waals surface area contributed by atoms with Crippen molar-refractivity contribution in [3.63, 3.8) is 0 Å². The van der Waals surface area contributed by atoms with E-state index in [0.29, 0.717) is 4.88 Å². The van der Waals surface area contributed by atoms with Crippen LogP contribution in [0, 0.1) is 0 Å². The van der Waals surface area contributed by atoms with E-state index in [-0.39, 0.29) is 5.97 Å². The van der Waals surface area contributed by atoms with Crippen molar-refractivity contribution >= 4 is 33.5 Å². The van der Waals surface area contributed by atoms with Crippen LogP contribution in [0.4, 0.5) is 0 Å². The molecule has 0 fully saturated rings. The molecule has 3 heteroatoms. The van der Waals surface area contributed by atoms with Crippen LogP contribution in [0.5, 0.6) is 0 Å². The highest BCUT2D eigenvalue weighted by Gasteiger charge is 2.09. The van der Waals surface area contributed by atoms with E-state index in [0.717, 1.165) is 22.9 Å². The molecule has 2 nitrogen and oxygen atoms in total. The van der Waals surface area contributed by atoms with Gasteiger partial charge in [-0.25, -0.2) is 4.79 Å². The van der Waals surface area contributed by atoms with Crippen molar-refractivity contribution in [2.24, 2.45) is 0 Å². The Morgan fingerprint density at radius 1 is 1.39 bits per heavy atom. The Labute approximate surface area is 111 Å². The minimum atomic E-state index is -0.265. The van der Waals surface area contributed by atoms with Gasteiger partial charge in [0.15, 0.2) is 0 Å².